The number of ketones is 1. The number of carbonyl (C=O) groups excluding carboxylic acids is 1. The Balaban J connectivity index is 3.34. The first-order valence-electron chi connectivity index (χ1n) is 3.89. The largest absolute Gasteiger partial charge is 0.454 e. The molecule has 0 radical (unpaired) electrons. The lowest BCUT2D eigenvalue weighted by Crippen LogP contribution is -2.23. The minimum atomic E-state index is -5.20. The van der Waals surface area contributed by atoms with Gasteiger partial charge in [-0.2, -0.15) is 17.6 Å². The summed E-state index contributed by atoms with van der Waals surface area (Å²) in [5.41, 5.74) is -2.27. The highest BCUT2D eigenvalue weighted by Crippen LogP contribution is 2.31. The number of carbonyl (C=O) groups is 1. The zero-order valence-electron chi connectivity index (χ0n) is 7.72. The Morgan fingerprint density at radius 1 is 1.35 bits per heavy atom. The van der Waals surface area contributed by atoms with Crippen molar-refractivity contribution in [2.75, 3.05) is 0 Å². The van der Waals surface area contributed by atoms with Crippen molar-refractivity contribution in [1.29, 1.82) is 0 Å². The molecule has 0 bridgehead atoms. The van der Waals surface area contributed by atoms with Crippen molar-refractivity contribution in [1.82, 2.24) is 0 Å². The van der Waals surface area contributed by atoms with E-state index in [0.29, 0.717) is 6.07 Å². The van der Waals surface area contributed by atoms with Gasteiger partial charge in [-0.1, -0.05) is 11.6 Å². The average Bonchev–Trinajstić information content (AvgIpc) is 2.13. The summed E-state index contributed by atoms with van der Waals surface area (Å²) in [6, 6.07) is 0.526. The van der Waals surface area contributed by atoms with E-state index in [0.717, 1.165) is 0 Å². The van der Waals surface area contributed by atoms with E-state index < -0.39 is 39.0 Å². The van der Waals surface area contributed by atoms with Gasteiger partial charge in [-0.15, -0.1) is 0 Å². The zero-order chi connectivity index (χ0) is 13.4. The molecule has 17 heavy (non-hydrogen) atoms. The second-order valence-corrected chi connectivity index (χ2v) is 3.28. The fourth-order valence-corrected chi connectivity index (χ4v) is 1.31. The number of nitro groups is 1. The Labute approximate surface area is 95.9 Å². The molecule has 0 heterocycles. The van der Waals surface area contributed by atoms with E-state index in [4.69, 9.17) is 11.6 Å². The summed E-state index contributed by atoms with van der Waals surface area (Å²) in [5, 5.41) is 9.42. The molecule has 1 aromatic carbocycles. The predicted molar refractivity (Wildman–Crippen MR) is 48.4 cm³/mol. The summed E-state index contributed by atoms with van der Waals surface area (Å²) < 4.78 is 49.1. The number of alkyl halides is 3. The molecule has 0 atom stereocenters. The summed E-state index contributed by atoms with van der Waals surface area (Å²) in [4.78, 5) is 19.8. The quantitative estimate of drug-likeness (QED) is 0.359. The molecule has 0 amide bonds. The Bertz CT molecular complexity index is 477. The van der Waals surface area contributed by atoms with Crippen LogP contribution in [0.25, 0.3) is 0 Å². The van der Waals surface area contributed by atoms with Crippen LogP contribution >= 0.6 is 11.6 Å². The Morgan fingerprint density at radius 3 is 2.24 bits per heavy atom. The first kappa shape index (κ1) is 13.4. The number of halogens is 5. The molecular formula is C8H2ClF4NO3. The van der Waals surface area contributed by atoms with Crippen molar-refractivity contribution in [3.05, 3.63) is 38.7 Å². The third-order valence-electron chi connectivity index (χ3n) is 1.72. The Morgan fingerprint density at radius 2 is 1.88 bits per heavy atom. The summed E-state index contributed by atoms with van der Waals surface area (Å²) >= 11 is 5.22. The lowest BCUT2D eigenvalue weighted by molar-refractivity contribution is -0.387. The normalized spacial score (nSPS) is 11.4. The summed E-state index contributed by atoms with van der Waals surface area (Å²) in [6.07, 6.45) is -5.20. The number of Topliss-reactive ketones (excluding diaryl/α,β-unsaturated/α-hetero) is 1. The van der Waals surface area contributed by atoms with E-state index in [1.165, 1.54) is 0 Å². The molecule has 1 aromatic rings. The maximum Gasteiger partial charge on any atom is 0.454 e. The van der Waals surface area contributed by atoms with E-state index in [1.54, 1.807) is 0 Å². The molecule has 4 nitrogen and oxygen atoms in total. The van der Waals surface area contributed by atoms with Gasteiger partial charge in [0, 0.05) is 5.56 Å². The minimum Gasteiger partial charge on any atom is -0.284 e. The van der Waals surface area contributed by atoms with Crippen LogP contribution in [-0.4, -0.2) is 16.9 Å². The van der Waals surface area contributed by atoms with Crippen molar-refractivity contribution in [3.63, 3.8) is 0 Å². The van der Waals surface area contributed by atoms with Gasteiger partial charge in [-0.05, 0) is 12.1 Å². The molecule has 0 aromatic heterocycles. The van der Waals surface area contributed by atoms with Crippen LogP contribution in [-0.2, 0) is 0 Å². The van der Waals surface area contributed by atoms with Gasteiger partial charge >= 0.3 is 11.9 Å². The number of hydrogen-bond donors (Lipinski definition) is 0. The van der Waals surface area contributed by atoms with Gasteiger partial charge in [-0.3, -0.25) is 14.9 Å². The fourth-order valence-electron chi connectivity index (χ4n) is 1.03. The molecule has 0 unspecified atom stereocenters. The van der Waals surface area contributed by atoms with E-state index >= 15 is 0 Å². The van der Waals surface area contributed by atoms with Gasteiger partial charge in [0.2, 0.25) is 5.82 Å². The van der Waals surface area contributed by atoms with Crippen molar-refractivity contribution in [2.45, 2.75) is 6.18 Å². The highest BCUT2D eigenvalue weighted by atomic mass is 35.5. The lowest BCUT2D eigenvalue weighted by atomic mass is 10.1. The average molecular weight is 272 g/mol. The van der Waals surface area contributed by atoms with Crippen LogP contribution in [0.4, 0.5) is 23.2 Å². The molecule has 9 heteroatoms. The number of nitro benzene ring substituents is 1. The van der Waals surface area contributed by atoms with Gasteiger partial charge in [0.05, 0.1) is 4.92 Å². The third-order valence-corrected chi connectivity index (χ3v) is 2.01. The number of hydrogen-bond acceptors (Lipinski definition) is 3. The first-order valence-corrected chi connectivity index (χ1v) is 4.27. The first-order chi connectivity index (χ1) is 7.64. The Kier molecular flexibility index (Phi) is 3.37. The highest BCUT2D eigenvalue weighted by Gasteiger charge is 2.40. The number of benzene rings is 1. The third kappa shape index (κ3) is 2.70. The smallest absolute Gasteiger partial charge is 0.284 e. The van der Waals surface area contributed by atoms with Gasteiger partial charge < -0.3 is 0 Å². The lowest BCUT2D eigenvalue weighted by Gasteiger charge is -2.06. The molecule has 0 N–H and O–H groups in total. The molecule has 1 rings (SSSR count). The van der Waals surface area contributed by atoms with Crippen LogP contribution in [0.5, 0.6) is 0 Å². The second kappa shape index (κ2) is 4.28. The molecule has 92 valence electrons. The van der Waals surface area contributed by atoms with E-state index in [1.807, 2.05) is 0 Å². The van der Waals surface area contributed by atoms with Crippen LogP contribution < -0.4 is 0 Å². The van der Waals surface area contributed by atoms with Crippen LogP contribution in [0.2, 0.25) is 5.02 Å². The molecule has 0 aliphatic heterocycles. The van der Waals surface area contributed by atoms with Crippen molar-refractivity contribution >= 4 is 23.1 Å². The maximum atomic E-state index is 13.1. The van der Waals surface area contributed by atoms with E-state index in [2.05, 4.69) is 0 Å². The molecule has 0 fully saturated rings. The summed E-state index contributed by atoms with van der Waals surface area (Å²) in [7, 11) is 0. The standard InChI is InChI=1S/C8H2ClF4NO3/c9-4-1-3(7(15)8(11,12)13)2-5(10)6(4)14(16)17/h1-2H. The summed E-state index contributed by atoms with van der Waals surface area (Å²) in [6.45, 7) is 0. The van der Waals surface area contributed by atoms with Crippen molar-refractivity contribution in [3.8, 4) is 0 Å². The number of rotatable bonds is 2. The van der Waals surface area contributed by atoms with Gasteiger partial charge in [0.1, 0.15) is 5.02 Å². The van der Waals surface area contributed by atoms with Gasteiger partial charge in [0.15, 0.2) is 0 Å². The minimum absolute atomic E-state index is 0.125. The van der Waals surface area contributed by atoms with Crippen molar-refractivity contribution < 1.29 is 27.3 Å². The number of nitrogens with zero attached hydrogens (tertiary/aromatic N) is 1. The predicted octanol–water partition coefficient (Wildman–Crippen LogP) is 3.13. The molecule has 0 aliphatic carbocycles. The molecular weight excluding hydrogens is 270 g/mol. The van der Waals surface area contributed by atoms with Crippen LogP contribution in [0, 0.1) is 15.9 Å². The topological polar surface area (TPSA) is 60.2 Å². The van der Waals surface area contributed by atoms with Gasteiger partial charge in [-0.25, -0.2) is 0 Å². The SMILES string of the molecule is O=C(c1cc(F)c([N+](=O)[O-])c(Cl)c1)C(F)(F)F. The van der Waals surface area contributed by atoms with Crippen LogP contribution in [0.1, 0.15) is 10.4 Å². The maximum absolute atomic E-state index is 13.1. The molecule has 0 saturated heterocycles. The zero-order valence-corrected chi connectivity index (χ0v) is 8.47. The van der Waals surface area contributed by atoms with E-state index in [9.17, 15) is 32.5 Å². The Hall–Kier alpha value is -1.70. The molecule has 0 saturated carbocycles. The second-order valence-electron chi connectivity index (χ2n) is 2.87. The fraction of sp³-hybridized carbons (Fsp3) is 0.125. The van der Waals surface area contributed by atoms with Crippen LogP contribution in [0.15, 0.2) is 12.1 Å². The van der Waals surface area contributed by atoms with E-state index in [-0.39, 0.29) is 6.07 Å². The molecule has 0 aliphatic rings. The summed E-state index contributed by atoms with van der Waals surface area (Å²) in [5.74, 6) is -3.93. The van der Waals surface area contributed by atoms with Gasteiger partial charge in [0.25, 0.3) is 5.78 Å². The van der Waals surface area contributed by atoms with Crippen LogP contribution in [0.3, 0.4) is 0 Å². The highest BCUT2D eigenvalue weighted by molar-refractivity contribution is 6.33. The monoisotopic (exact) mass is 271 g/mol. The molecule has 0 spiro atoms. The van der Waals surface area contributed by atoms with Crippen molar-refractivity contribution in [2.24, 2.45) is 0 Å².